The quantitative estimate of drug-likeness (QED) is 0.523. The maximum absolute atomic E-state index is 11.4. The standard InChI is InChI=1S/C10H12N2O5/c13-7(10(16)17)4-5-11-9(15)6-2-1-3-8(14)12-6/h1-3,7,13H,4-5H2,(H,11,15)(H,12,14)(H,16,17). The third kappa shape index (κ3) is 4.07. The van der Waals surface area contributed by atoms with Crippen LogP contribution in [0, 0.1) is 0 Å². The molecule has 0 aliphatic carbocycles. The Bertz CT molecular complexity index is 468. The van der Waals surface area contributed by atoms with Crippen LogP contribution in [0.1, 0.15) is 16.9 Å². The molecule has 1 unspecified atom stereocenters. The highest BCUT2D eigenvalue weighted by Crippen LogP contribution is 1.92. The van der Waals surface area contributed by atoms with E-state index in [2.05, 4.69) is 10.3 Å². The van der Waals surface area contributed by atoms with Crippen molar-refractivity contribution >= 4 is 11.9 Å². The minimum absolute atomic E-state index is 0.00320. The smallest absolute Gasteiger partial charge is 0.332 e. The van der Waals surface area contributed by atoms with Gasteiger partial charge in [0.05, 0.1) is 0 Å². The number of nitrogens with one attached hydrogen (secondary N) is 2. The summed E-state index contributed by atoms with van der Waals surface area (Å²) in [5, 5.41) is 19.7. The van der Waals surface area contributed by atoms with Crippen LogP contribution in [0.2, 0.25) is 0 Å². The molecule has 0 fully saturated rings. The Morgan fingerprint density at radius 1 is 1.41 bits per heavy atom. The van der Waals surface area contributed by atoms with Crippen molar-refractivity contribution in [1.82, 2.24) is 10.3 Å². The summed E-state index contributed by atoms with van der Waals surface area (Å²) >= 11 is 0. The van der Waals surface area contributed by atoms with E-state index in [1.54, 1.807) is 0 Å². The molecule has 0 aliphatic rings. The van der Waals surface area contributed by atoms with Crippen LogP contribution in [0.5, 0.6) is 0 Å². The number of carbonyl (C=O) groups excluding carboxylic acids is 1. The van der Waals surface area contributed by atoms with E-state index < -0.39 is 23.5 Å². The van der Waals surface area contributed by atoms with E-state index >= 15 is 0 Å². The van der Waals surface area contributed by atoms with Gasteiger partial charge in [0.2, 0.25) is 5.56 Å². The third-order valence-electron chi connectivity index (χ3n) is 2.00. The summed E-state index contributed by atoms with van der Waals surface area (Å²) in [5.74, 6) is -1.87. The van der Waals surface area contributed by atoms with Crippen molar-refractivity contribution in [3.05, 3.63) is 34.2 Å². The molecule has 0 bridgehead atoms. The van der Waals surface area contributed by atoms with E-state index in [0.29, 0.717) is 0 Å². The summed E-state index contributed by atoms with van der Waals surface area (Å²) in [6, 6.07) is 4.12. The molecule has 0 saturated heterocycles. The van der Waals surface area contributed by atoms with Gasteiger partial charge in [-0.25, -0.2) is 4.79 Å². The van der Waals surface area contributed by atoms with Crippen molar-refractivity contribution in [2.45, 2.75) is 12.5 Å². The molecule has 0 spiro atoms. The molecular formula is C10H12N2O5. The Morgan fingerprint density at radius 3 is 2.71 bits per heavy atom. The monoisotopic (exact) mass is 240 g/mol. The van der Waals surface area contributed by atoms with Crippen molar-refractivity contribution in [2.24, 2.45) is 0 Å². The van der Waals surface area contributed by atoms with Gasteiger partial charge in [0, 0.05) is 19.0 Å². The minimum atomic E-state index is -1.51. The molecule has 92 valence electrons. The lowest BCUT2D eigenvalue weighted by molar-refractivity contribution is -0.146. The number of aliphatic hydroxyl groups excluding tert-OH is 1. The maximum Gasteiger partial charge on any atom is 0.332 e. The van der Waals surface area contributed by atoms with Crippen LogP contribution in [-0.4, -0.2) is 39.7 Å². The summed E-state index contributed by atoms with van der Waals surface area (Å²) in [6.07, 6.45) is -1.61. The Labute approximate surface area is 96.1 Å². The Morgan fingerprint density at radius 2 is 2.12 bits per heavy atom. The molecule has 0 aliphatic heterocycles. The van der Waals surface area contributed by atoms with Gasteiger partial charge >= 0.3 is 5.97 Å². The molecule has 1 heterocycles. The van der Waals surface area contributed by atoms with Crippen molar-refractivity contribution < 1.29 is 19.8 Å². The highest BCUT2D eigenvalue weighted by atomic mass is 16.4. The molecule has 7 nitrogen and oxygen atoms in total. The number of hydrogen-bond donors (Lipinski definition) is 4. The molecule has 7 heteroatoms. The second kappa shape index (κ2) is 5.80. The first-order chi connectivity index (χ1) is 8.00. The first-order valence-corrected chi connectivity index (χ1v) is 4.89. The third-order valence-corrected chi connectivity index (χ3v) is 2.00. The number of H-pyrrole nitrogens is 1. The molecule has 0 saturated carbocycles. The van der Waals surface area contributed by atoms with Crippen LogP contribution in [0.25, 0.3) is 0 Å². The number of aliphatic carboxylic acids is 1. The van der Waals surface area contributed by atoms with Crippen LogP contribution in [-0.2, 0) is 4.79 Å². The number of aliphatic hydroxyl groups is 1. The Hall–Kier alpha value is -2.15. The first-order valence-electron chi connectivity index (χ1n) is 4.89. The number of pyridine rings is 1. The largest absolute Gasteiger partial charge is 0.479 e. The van der Waals surface area contributed by atoms with E-state index in [0.717, 1.165) is 0 Å². The SMILES string of the molecule is O=C(NCCC(O)C(=O)O)c1cccc(=O)[nH]1. The minimum Gasteiger partial charge on any atom is -0.479 e. The van der Waals surface area contributed by atoms with Gasteiger partial charge in [-0.3, -0.25) is 9.59 Å². The van der Waals surface area contributed by atoms with Gasteiger partial charge in [0.15, 0.2) is 6.10 Å². The highest BCUT2D eigenvalue weighted by Gasteiger charge is 2.13. The Kier molecular flexibility index (Phi) is 4.41. The van der Waals surface area contributed by atoms with Gasteiger partial charge < -0.3 is 20.5 Å². The van der Waals surface area contributed by atoms with Gasteiger partial charge in [-0.2, -0.15) is 0 Å². The van der Waals surface area contributed by atoms with E-state index in [1.165, 1.54) is 18.2 Å². The zero-order valence-corrected chi connectivity index (χ0v) is 8.84. The van der Waals surface area contributed by atoms with Crippen molar-refractivity contribution in [3.8, 4) is 0 Å². The number of hydrogen-bond acceptors (Lipinski definition) is 4. The predicted molar refractivity (Wildman–Crippen MR) is 57.7 cm³/mol. The lowest BCUT2D eigenvalue weighted by atomic mass is 10.2. The number of carboxylic acid groups (broad SMARTS) is 1. The molecule has 1 aromatic rings. The first kappa shape index (κ1) is 12.9. The number of carbonyl (C=O) groups is 2. The van der Waals surface area contributed by atoms with Gasteiger partial charge in [-0.1, -0.05) is 6.07 Å². The number of aromatic amines is 1. The van der Waals surface area contributed by atoms with Crippen molar-refractivity contribution in [2.75, 3.05) is 6.54 Å². The van der Waals surface area contributed by atoms with Gasteiger partial charge in [-0.15, -0.1) is 0 Å². The second-order valence-electron chi connectivity index (χ2n) is 3.33. The summed E-state index contributed by atoms with van der Waals surface area (Å²) in [4.78, 5) is 35.0. The van der Waals surface area contributed by atoms with Gasteiger partial charge in [0.1, 0.15) is 5.69 Å². The van der Waals surface area contributed by atoms with Crippen LogP contribution in [0.4, 0.5) is 0 Å². The van der Waals surface area contributed by atoms with Crippen molar-refractivity contribution in [3.63, 3.8) is 0 Å². The lowest BCUT2D eigenvalue weighted by Gasteiger charge is -2.06. The van der Waals surface area contributed by atoms with Crippen LogP contribution in [0.3, 0.4) is 0 Å². The fraction of sp³-hybridized carbons (Fsp3) is 0.300. The zero-order chi connectivity index (χ0) is 12.8. The maximum atomic E-state index is 11.4. The Balaban J connectivity index is 2.46. The number of amides is 1. The molecule has 1 rings (SSSR count). The molecule has 1 atom stereocenters. The molecule has 1 amide bonds. The topological polar surface area (TPSA) is 119 Å². The second-order valence-corrected chi connectivity index (χ2v) is 3.33. The number of carboxylic acids is 1. The van der Waals surface area contributed by atoms with E-state index in [9.17, 15) is 14.4 Å². The molecule has 1 aromatic heterocycles. The normalized spacial score (nSPS) is 11.8. The fourth-order valence-corrected chi connectivity index (χ4v) is 1.12. The van der Waals surface area contributed by atoms with E-state index in [4.69, 9.17) is 10.2 Å². The fourth-order valence-electron chi connectivity index (χ4n) is 1.12. The molecule has 4 N–H and O–H groups in total. The van der Waals surface area contributed by atoms with E-state index in [-0.39, 0.29) is 18.7 Å². The molecular weight excluding hydrogens is 228 g/mol. The van der Waals surface area contributed by atoms with Crippen LogP contribution >= 0.6 is 0 Å². The summed E-state index contributed by atoms with van der Waals surface area (Å²) in [5.41, 5.74) is -0.314. The van der Waals surface area contributed by atoms with Crippen LogP contribution in [0.15, 0.2) is 23.0 Å². The van der Waals surface area contributed by atoms with Crippen molar-refractivity contribution in [1.29, 1.82) is 0 Å². The zero-order valence-electron chi connectivity index (χ0n) is 8.84. The lowest BCUT2D eigenvalue weighted by Crippen LogP contribution is -2.31. The average molecular weight is 240 g/mol. The summed E-state index contributed by atoms with van der Waals surface area (Å²) < 4.78 is 0. The van der Waals surface area contributed by atoms with Crippen LogP contribution < -0.4 is 10.9 Å². The highest BCUT2D eigenvalue weighted by molar-refractivity contribution is 5.92. The van der Waals surface area contributed by atoms with Gasteiger partial charge in [-0.05, 0) is 6.07 Å². The van der Waals surface area contributed by atoms with E-state index in [1.807, 2.05) is 0 Å². The molecule has 0 aromatic carbocycles. The van der Waals surface area contributed by atoms with Gasteiger partial charge in [0.25, 0.3) is 5.91 Å². The summed E-state index contributed by atoms with van der Waals surface area (Å²) in [7, 11) is 0. The predicted octanol–water partition coefficient (Wildman–Crippen LogP) is -1.06. The molecule has 0 radical (unpaired) electrons. The number of rotatable bonds is 5. The average Bonchev–Trinajstić information content (AvgIpc) is 2.28. The molecule has 17 heavy (non-hydrogen) atoms. The summed E-state index contributed by atoms with van der Waals surface area (Å²) in [6.45, 7) is 0.00320. The number of aromatic nitrogens is 1.